The Morgan fingerprint density at radius 2 is 2.32 bits per heavy atom. The van der Waals surface area contributed by atoms with Gasteiger partial charge in [0.2, 0.25) is 0 Å². The van der Waals surface area contributed by atoms with Gasteiger partial charge in [-0.05, 0) is 76.7 Å². The van der Waals surface area contributed by atoms with E-state index in [2.05, 4.69) is 42.4 Å². The number of likely N-dealkylation sites (tertiary alicyclic amines) is 1. The molecule has 2 nitrogen and oxygen atoms in total. The summed E-state index contributed by atoms with van der Waals surface area (Å²) in [6, 6.07) is 3.51. The Labute approximate surface area is 122 Å². The van der Waals surface area contributed by atoms with Crippen LogP contribution in [0.15, 0.2) is 11.4 Å². The highest BCUT2D eigenvalue weighted by Crippen LogP contribution is 2.23. The van der Waals surface area contributed by atoms with Gasteiger partial charge in [0.05, 0.1) is 0 Å². The molecule has 0 bridgehead atoms. The molecule has 0 radical (unpaired) electrons. The van der Waals surface area contributed by atoms with Crippen LogP contribution >= 0.6 is 11.3 Å². The van der Waals surface area contributed by atoms with Crippen LogP contribution in [0.4, 0.5) is 0 Å². The van der Waals surface area contributed by atoms with Crippen molar-refractivity contribution in [1.82, 2.24) is 10.2 Å². The first kappa shape index (κ1) is 15.0. The van der Waals surface area contributed by atoms with E-state index < -0.39 is 0 Å². The van der Waals surface area contributed by atoms with Gasteiger partial charge in [-0.3, -0.25) is 0 Å². The summed E-state index contributed by atoms with van der Waals surface area (Å²) in [5.74, 6) is 0. The molecule has 1 saturated heterocycles. The van der Waals surface area contributed by atoms with Crippen molar-refractivity contribution in [3.63, 3.8) is 0 Å². The topological polar surface area (TPSA) is 15.3 Å². The minimum atomic E-state index is 0.499. The molecule has 0 aromatic carbocycles. The summed E-state index contributed by atoms with van der Waals surface area (Å²) >= 11 is 1.87. The van der Waals surface area contributed by atoms with Crippen LogP contribution in [-0.2, 0) is 0 Å². The molecule has 2 heterocycles. The third kappa shape index (κ3) is 4.30. The van der Waals surface area contributed by atoms with Crippen molar-refractivity contribution in [3.05, 3.63) is 21.9 Å². The summed E-state index contributed by atoms with van der Waals surface area (Å²) in [4.78, 5) is 4.15. The lowest BCUT2D eigenvalue weighted by Crippen LogP contribution is -2.39. The van der Waals surface area contributed by atoms with Crippen LogP contribution < -0.4 is 5.32 Å². The lowest BCUT2D eigenvalue weighted by atomic mass is 10.0. The first-order chi connectivity index (χ1) is 9.18. The second kappa shape index (κ2) is 7.41. The zero-order valence-corrected chi connectivity index (χ0v) is 13.4. The van der Waals surface area contributed by atoms with Crippen LogP contribution in [0.5, 0.6) is 0 Å². The number of aryl methyl sites for hydroxylation is 1. The van der Waals surface area contributed by atoms with Crippen molar-refractivity contribution in [2.24, 2.45) is 0 Å². The van der Waals surface area contributed by atoms with Gasteiger partial charge >= 0.3 is 0 Å². The number of thiophene rings is 1. The quantitative estimate of drug-likeness (QED) is 0.793. The van der Waals surface area contributed by atoms with E-state index >= 15 is 0 Å². The van der Waals surface area contributed by atoms with Gasteiger partial charge in [-0.2, -0.15) is 0 Å². The average molecular weight is 280 g/mol. The fraction of sp³-hybridized carbons (Fsp3) is 0.750. The number of hydrogen-bond acceptors (Lipinski definition) is 3. The predicted molar refractivity (Wildman–Crippen MR) is 85.0 cm³/mol. The Balaban J connectivity index is 1.65. The van der Waals surface area contributed by atoms with E-state index in [9.17, 15) is 0 Å². The first-order valence-corrected chi connectivity index (χ1v) is 8.58. The molecule has 19 heavy (non-hydrogen) atoms. The summed E-state index contributed by atoms with van der Waals surface area (Å²) in [6.45, 7) is 10.6. The fourth-order valence-corrected chi connectivity index (χ4v) is 3.97. The Bertz CT molecular complexity index is 375. The zero-order chi connectivity index (χ0) is 13.7. The molecule has 1 aromatic rings. The van der Waals surface area contributed by atoms with Crippen LogP contribution in [0.3, 0.4) is 0 Å². The summed E-state index contributed by atoms with van der Waals surface area (Å²) in [7, 11) is 0. The monoisotopic (exact) mass is 280 g/mol. The number of nitrogens with one attached hydrogen (secondary N) is 1. The Morgan fingerprint density at radius 3 is 3.00 bits per heavy atom. The van der Waals surface area contributed by atoms with E-state index in [0.29, 0.717) is 6.04 Å². The van der Waals surface area contributed by atoms with E-state index in [-0.39, 0.29) is 0 Å². The summed E-state index contributed by atoms with van der Waals surface area (Å²) in [5.41, 5.74) is 1.43. The molecule has 2 atom stereocenters. The maximum atomic E-state index is 3.66. The zero-order valence-electron chi connectivity index (χ0n) is 12.6. The van der Waals surface area contributed by atoms with Crippen molar-refractivity contribution >= 4 is 11.3 Å². The molecule has 1 N–H and O–H groups in total. The van der Waals surface area contributed by atoms with Crippen molar-refractivity contribution < 1.29 is 0 Å². The Hall–Kier alpha value is -0.380. The highest BCUT2D eigenvalue weighted by molar-refractivity contribution is 7.10. The largest absolute Gasteiger partial charge is 0.309 e. The van der Waals surface area contributed by atoms with Gasteiger partial charge in [-0.15, -0.1) is 11.3 Å². The van der Waals surface area contributed by atoms with Gasteiger partial charge in [-0.25, -0.2) is 0 Å². The van der Waals surface area contributed by atoms with E-state index in [1.54, 1.807) is 0 Å². The minimum absolute atomic E-state index is 0.499. The van der Waals surface area contributed by atoms with Gasteiger partial charge in [0.25, 0.3) is 0 Å². The Morgan fingerprint density at radius 1 is 1.47 bits per heavy atom. The van der Waals surface area contributed by atoms with Gasteiger partial charge in [0.1, 0.15) is 0 Å². The molecule has 2 unspecified atom stereocenters. The maximum Gasteiger partial charge on any atom is 0.0388 e. The second-order valence-corrected chi connectivity index (χ2v) is 6.83. The molecule has 1 aliphatic rings. The molecule has 2 rings (SSSR count). The van der Waals surface area contributed by atoms with Gasteiger partial charge in [0.15, 0.2) is 0 Å². The van der Waals surface area contributed by atoms with E-state index in [1.807, 2.05) is 11.3 Å². The SMILES string of the molecule is Cc1ccsc1C(C)NCCCN1CCCCC1C. The third-order valence-corrected chi connectivity index (χ3v) is 5.51. The smallest absolute Gasteiger partial charge is 0.0388 e. The average Bonchev–Trinajstić information content (AvgIpc) is 2.82. The molecule has 0 aliphatic carbocycles. The molecule has 1 aliphatic heterocycles. The normalized spacial score (nSPS) is 22.6. The first-order valence-electron chi connectivity index (χ1n) is 7.70. The summed E-state index contributed by atoms with van der Waals surface area (Å²) in [5, 5.41) is 5.86. The van der Waals surface area contributed by atoms with Gasteiger partial charge in [-0.1, -0.05) is 6.42 Å². The molecule has 0 amide bonds. The van der Waals surface area contributed by atoms with Crippen molar-refractivity contribution in [1.29, 1.82) is 0 Å². The Kier molecular flexibility index (Phi) is 5.86. The van der Waals surface area contributed by atoms with Crippen LogP contribution in [0, 0.1) is 6.92 Å². The molecule has 1 aromatic heterocycles. The van der Waals surface area contributed by atoms with Crippen molar-refractivity contribution in [2.75, 3.05) is 19.6 Å². The van der Waals surface area contributed by atoms with Crippen LogP contribution in [0.25, 0.3) is 0 Å². The lowest BCUT2D eigenvalue weighted by molar-refractivity contribution is 0.158. The number of hydrogen-bond donors (Lipinski definition) is 1. The highest BCUT2D eigenvalue weighted by Gasteiger charge is 2.17. The molecule has 0 spiro atoms. The van der Waals surface area contributed by atoms with Gasteiger partial charge in [0, 0.05) is 17.0 Å². The van der Waals surface area contributed by atoms with E-state index in [4.69, 9.17) is 0 Å². The fourth-order valence-electron chi connectivity index (χ4n) is 3.01. The molecular weight excluding hydrogens is 252 g/mol. The van der Waals surface area contributed by atoms with E-state index in [0.717, 1.165) is 12.6 Å². The second-order valence-electron chi connectivity index (χ2n) is 5.88. The van der Waals surface area contributed by atoms with Gasteiger partial charge < -0.3 is 10.2 Å². The maximum absolute atomic E-state index is 3.66. The van der Waals surface area contributed by atoms with Crippen LogP contribution in [0.1, 0.15) is 56.0 Å². The molecular formula is C16H28N2S. The minimum Gasteiger partial charge on any atom is -0.309 e. The summed E-state index contributed by atoms with van der Waals surface area (Å²) in [6.07, 6.45) is 5.46. The third-order valence-electron chi connectivity index (χ3n) is 4.31. The lowest BCUT2D eigenvalue weighted by Gasteiger charge is -2.33. The molecule has 1 fully saturated rings. The molecule has 108 valence electrons. The molecule has 3 heteroatoms. The van der Waals surface area contributed by atoms with E-state index in [1.165, 1.54) is 49.2 Å². The van der Waals surface area contributed by atoms with Crippen molar-refractivity contribution in [2.45, 2.75) is 58.5 Å². The van der Waals surface area contributed by atoms with Crippen LogP contribution in [0.2, 0.25) is 0 Å². The number of nitrogens with zero attached hydrogens (tertiary/aromatic N) is 1. The standard InChI is InChI=1S/C16H28N2S/c1-13-8-12-19-16(13)15(3)17-9-6-11-18-10-5-4-7-14(18)2/h8,12,14-15,17H,4-7,9-11H2,1-3H3. The predicted octanol–water partition coefficient (Wildman–Crippen LogP) is 3.97. The number of rotatable bonds is 6. The molecule has 0 saturated carbocycles. The van der Waals surface area contributed by atoms with Crippen LogP contribution in [-0.4, -0.2) is 30.6 Å². The number of piperidine rings is 1. The summed E-state index contributed by atoms with van der Waals surface area (Å²) < 4.78 is 0. The highest BCUT2D eigenvalue weighted by atomic mass is 32.1. The van der Waals surface area contributed by atoms with Crippen molar-refractivity contribution in [3.8, 4) is 0 Å².